The van der Waals surface area contributed by atoms with Crippen molar-refractivity contribution in [2.75, 3.05) is 47.9 Å². The first-order chi connectivity index (χ1) is 13.3. The Morgan fingerprint density at radius 3 is 2.07 bits per heavy atom. The number of hydrogen-bond donors (Lipinski definition) is 2. The molecule has 0 aromatic heterocycles. The van der Waals surface area contributed by atoms with Crippen LogP contribution in [0.15, 0.2) is 29.3 Å². The van der Waals surface area contributed by atoms with Crippen molar-refractivity contribution in [1.82, 2.24) is 20.4 Å². The number of benzene rings is 1. The van der Waals surface area contributed by atoms with Crippen LogP contribution in [0.5, 0.6) is 5.75 Å². The monoisotopic (exact) mass is 519 g/mol. The molecular weight excluding hydrogens is 477 g/mol. The third kappa shape index (κ3) is 10.00. The van der Waals surface area contributed by atoms with Crippen molar-refractivity contribution in [1.29, 1.82) is 0 Å². The molecule has 0 amide bonds. The Kier molecular flexibility index (Phi) is 14.3. The van der Waals surface area contributed by atoms with E-state index in [1.165, 1.54) is 5.56 Å². The molecule has 1 unspecified atom stereocenters. The lowest BCUT2D eigenvalue weighted by atomic mass is 10.1. The highest BCUT2D eigenvalue weighted by Crippen LogP contribution is 2.20. The molecule has 1 aromatic carbocycles. The van der Waals surface area contributed by atoms with Crippen molar-refractivity contribution in [3.63, 3.8) is 0 Å². The van der Waals surface area contributed by atoms with Gasteiger partial charge in [0.2, 0.25) is 0 Å². The van der Waals surface area contributed by atoms with Crippen molar-refractivity contribution in [3.8, 4) is 5.75 Å². The highest BCUT2D eigenvalue weighted by Gasteiger charge is 2.15. The molecule has 0 heterocycles. The van der Waals surface area contributed by atoms with Crippen LogP contribution in [-0.2, 0) is 0 Å². The highest BCUT2D eigenvalue weighted by molar-refractivity contribution is 14.0. The maximum absolute atomic E-state index is 5.26. The van der Waals surface area contributed by atoms with Crippen molar-refractivity contribution < 1.29 is 4.74 Å². The maximum Gasteiger partial charge on any atom is 0.191 e. The van der Waals surface area contributed by atoms with Crippen molar-refractivity contribution in [2.45, 2.75) is 52.2 Å². The fraction of sp³-hybridized carbons (Fsp3) is 0.682. The Balaban J connectivity index is 0.00000784. The van der Waals surface area contributed by atoms with Gasteiger partial charge in [-0.2, -0.15) is 0 Å². The second kappa shape index (κ2) is 14.8. The molecule has 0 spiro atoms. The molecular formula is C22H42IN5O. The molecule has 0 bridgehead atoms. The second-order valence-corrected chi connectivity index (χ2v) is 7.91. The predicted molar refractivity (Wildman–Crippen MR) is 136 cm³/mol. The summed E-state index contributed by atoms with van der Waals surface area (Å²) in [6.45, 7) is 11.8. The number of aliphatic imine (C=N–C) groups is 1. The normalized spacial score (nSPS) is 13.0. The first-order valence-corrected chi connectivity index (χ1v) is 10.3. The number of guanidine groups is 1. The number of rotatable bonds is 11. The quantitative estimate of drug-likeness (QED) is 0.203. The average molecular weight is 520 g/mol. The van der Waals surface area contributed by atoms with E-state index in [9.17, 15) is 0 Å². The fourth-order valence-corrected chi connectivity index (χ4v) is 3.42. The molecule has 0 saturated heterocycles. The predicted octanol–water partition coefficient (Wildman–Crippen LogP) is 3.59. The zero-order valence-electron chi connectivity index (χ0n) is 19.5. The summed E-state index contributed by atoms with van der Waals surface area (Å²) in [5, 5.41) is 6.90. The van der Waals surface area contributed by atoms with Crippen LogP contribution in [-0.4, -0.2) is 75.7 Å². The van der Waals surface area contributed by atoms with Gasteiger partial charge in [0, 0.05) is 38.8 Å². The lowest BCUT2D eigenvalue weighted by molar-refractivity contribution is 0.173. The van der Waals surface area contributed by atoms with E-state index in [1.807, 2.05) is 19.2 Å². The second-order valence-electron chi connectivity index (χ2n) is 7.91. The van der Waals surface area contributed by atoms with Crippen LogP contribution in [0.3, 0.4) is 0 Å². The van der Waals surface area contributed by atoms with E-state index in [4.69, 9.17) is 4.74 Å². The summed E-state index contributed by atoms with van der Waals surface area (Å²) in [6.07, 6.45) is 1.09. The van der Waals surface area contributed by atoms with Gasteiger partial charge in [-0.1, -0.05) is 12.1 Å². The third-order valence-electron chi connectivity index (χ3n) is 5.02. The lowest BCUT2D eigenvalue weighted by Gasteiger charge is -2.30. The number of hydrogen-bond acceptors (Lipinski definition) is 4. The summed E-state index contributed by atoms with van der Waals surface area (Å²) >= 11 is 0. The van der Waals surface area contributed by atoms with Crippen LogP contribution in [0.2, 0.25) is 0 Å². The SMILES string of the molecule is CN=C(NCCCN(C(C)C)C(C)C)NCC(c1ccc(OC)cc1)N(C)C.I. The van der Waals surface area contributed by atoms with E-state index in [-0.39, 0.29) is 30.0 Å². The fourth-order valence-electron chi connectivity index (χ4n) is 3.42. The average Bonchev–Trinajstić information content (AvgIpc) is 2.65. The van der Waals surface area contributed by atoms with Crippen LogP contribution < -0.4 is 15.4 Å². The van der Waals surface area contributed by atoms with Gasteiger partial charge in [0.25, 0.3) is 0 Å². The van der Waals surface area contributed by atoms with E-state index in [0.29, 0.717) is 12.1 Å². The first kappa shape index (κ1) is 27.9. The van der Waals surface area contributed by atoms with E-state index < -0.39 is 0 Å². The van der Waals surface area contributed by atoms with Crippen molar-refractivity contribution in [3.05, 3.63) is 29.8 Å². The van der Waals surface area contributed by atoms with Gasteiger partial charge in [0.1, 0.15) is 5.75 Å². The minimum absolute atomic E-state index is 0. The highest BCUT2D eigenvalue weighted by atomic mass is 127. The van der Waals surface area contributed by atoms with Crippen LogP contribution in [0.25, 0.3) is 0 Å². The number of nitrogens with one attached hydrogen (secondary N) is 2. The molecule has 1 aromatic rings. The number of nitrogens with zero attached hydrogens (tertiary/aromatic N) is 3. The molecule has 0 saturated carbocycles. The Morgan fingerprint density at radius 1 is 1.03 bits per heavy atom. The molecule has 29 heavy (non-hydrogen) atoms. The Bertz CT molecular complexity index is 567. The number of methoxy groups -OCH3 is 1. The van der Waals surface area contributed by atoms with Crippen molar-refractivity contribution in [2.24, 2.45) is 4.99 Å². The van der Waals surface area contributed by atoms with Crippen LogP contribution >= 0.6 is 24.0 Å². The van der Waals surface area contributed by atoms with Crippen LogP contribution in [0.4, 0.5) is 0 Å². The largest absolute Gasteiger partial charge is 0.497 e. The van der Waals surface area contributed by atoms with Gasteiger partial charge in [-0.25, -0.2) is 0 Å². The first-order valence-electron chi connectivity index (χ1n) is 10.3. The summed E-state index contributed by atoms with van der Waals surface area (Å²) in [5.74, 6) is 1.73. The number of halogens is 1. The summed E-state index contributed by atoms with van der Waals surface area (Å²) in [7, 11) is 7.71. The van der Waals surface area contributed by atoms with Gasteiger partial charge in [-0.15, -0.1) is 24.0 Å². The molecule has 6 nitrogen and oxygen atoms in total. The minimum Gasteiger partial charge on any atom is -0.497 e. The van der Waals surface area contributed by atoms with Gasteiger partial charge in [-0.05, 0) is 65.9 Å². The van der Waals surface area contributed by atoms with E-state index in [2.05, 4.69) is 79.3 Å². The molecule has 0 aliphatic heterocycles. The molecule has 0 aliphatic rings. The Labute approximate surface area is 195 Å². The summed E-state index contributed by atoms with van der Waals surface area (Å²) in [6, 6.07) is 9.65. The van der Waals surface area contributed by atoms with Gasteiger partial charge in [0.15, 0.2) is 5.96 Å². The molecule has 0 fully saturated rings. The zero-order chi connectivity index (χ0) is 21.1. The van der Waals surface area contributed by atoms with Gasteiger partial charge in [-0.3, -0.25) is 9.89 Å². The Hall–Kier alpha value is -1.06. The minimum atomic E-state index is 0. The number of ether oxygens (including phenoxy) is 1. The molecule has 0 aliphatic carbocycles. The van der Waals surface area contributed by atoms with E-state index in [0.717, 1.165) is 37.8 Å². The zero-order valence-corrected chi connectivity index (χ0v) is 21.9. The van der Waals surface area contributed by atoms with E-state index >= 15 is 0 Å². The smallest absolute Gasteiger partial charge is 0.191 e. The molecule has 2 N–H and O–H groups in total. The Morgan fingerprint density at radius 2 is 1.62 bits per heavy atom. The van der Waals surface area contributed by atoms with Gasteiger partial charge < -0.3 is 20.3 Å². The summed E-state index contributed by atoms with van der Waals surface area (Å²) < 4.78 is 5.26. The summed E-state index contributed by atoms with van der Waals surface area (Å²) in [4.78, 5) is 9.10. The maximum atomic E-state index is 5.26. The van der Waals surface area contributed by atoms with E-state index in [1.54, 1.807) is 7.11 Å². The molecule has 7 heteroatoms. The van der Waals surface area contributed by atoms with Gasteiger partial charge in [0.05, 0.1) is 13.2 Å². The molecule has 1 atom stereocenters. The molecule has 0 radical (unpaired) electrons. The van der Waals surface area contributed by atoms with Crippen LogP contribution in [0, 0.1) is 0 Å². The van der Waals surface area contributed by atoms with Crippen LogP contribution in [0.1, 0.15) is 45.7 Å². The van der Waals surface area contributed by atoms with Crippen molar-refractivity contribution >= 4 is 29.9 Å². The number of likely N-dealkylation sites (N-methyl/N-ethyl adjacent to an activating group) is 1. The molecule has 1 rings (SSSR count). The topological polar surface area (TPSA) is 52.1 Å². The lowest BCUT2D eigenvalue weighted by Crippen LogP contribution is -2.43. The summed E-state index contributed by atoms with van der Waals surface area (Å²) in [5.41, 5.74) is 1.25. The third-order valence-corrected chi connectivity index (χ3v) is 5.02. The van der Waals surface area contributed by atoms with Gasteiger partial charge >= 0.3 is 0 Å². The molecule has 168 valence electrons. The standard InChI is InChI=1S/C22H41N5O.HI/c1-17(2)27(18(3)4)15-9-14-24-22(23-5)25-16-21(26(6)7)19-10-12-20(28-8)13-11-19;/h10-13,17-18,21H,9,14-16H2,1-8H3,(H2,23,24,25);1H.